The fraction of sp³-hybridized carbons (Fsp3) is 0.600. The average Bonchev–Trinajstić information content (AvgIpc) is 2.32. The van der Waals surface area contributed by atoms with Crippen molar-refractivity contribution in [2.24, 2.45) is 5.92 Å². The van der Waals surface area contributed by atoms with Crippen LogP contribution in [0.15, 0.2) is 36.6 Å². The van der Waals surface area contributed by atoms with Gasteiger partial charge in [0.25, 0.3) is 0 Å². The van der Waals surface area contributed by atoms with Gasteiger partial charge in [-0.1, -0.05) is 45.1 Å². The van der Waals surface area contributed by atoms with Gasteiger partial charge in [0.2, 0.25) is 0 Å². The fourth-order valence-electron chi connectivity index (χ4n) is 1.43. The molecule has 0 aromatic rings. The topological polar surface area (TPSA) is 23.5 Å². The average molecular weight is 237 g/mol. The number of nitrogens with zero attached hydrogens (tertiary/aromatic N) is 1. The molecule has 0 aromatic carbocycles. The number of hydrogen-bond donors (Lipinski definition) is 1. The molecule has 98 valence electrons. The van der Waals surface area contributed by atoms with Gasteiger partial charge in [-0.15, -0.1) is 0 Å². The summed E-state index contributed by atoms with van der Waals surface area (Å²) in [4.78, 5) is 2.16. The van der Waals surface area contributed by atoms with E-state index in [0.717, 1.165) is 5.57 Å². The van der Waals surface area contributed by atoms with Crippen molar-refractivity contribution < 1.29 is 5.11 Å². The molecular weight excluding hydrogens is 210 g/mol. The minimum Gasteiger partial charge on any atom is -0.392 e. The molecule has 0 radical (unpaired) electrons. The lowest BCUT2D eigenvalue weighted by molar-refractivity contribution is 0.335. The number of likely N-dealkylation sites (N-methyl/N-ethyl adjacent to an activating group) is 1. The van der Waals surface area contributed by atoms with Crippen LogP contribution in [0, 0.1) is 5.92 Å². The SMILES string of the molecule is C=C(/C=C\C(C)N(C)/C=C/C(C)CCC)CO. The Morgan fingerprint density at radius 2 is 2.00 bits per heavy atom. The summed E-state index contributed by atoms with van der Waals surface area (Å²) in [5.74, 6) is 0.631. The summed E-state index contributed by atoms with van der Waals surface area (Å²) < 4.78 is 0. The Balaban J connectivity index is 4.17. The summed E-state index contributed by atoms with van der Waals surface area (Å²) >= 11 is 0. The molecule has 0 heterocycles. The predicted molar refractivity (Wildman–Crippen MR) is 75.8 cm³/mol. The maximum atomic E-state index is 8.84. The molecule has 0 rings (SSSR count). The van der Waals surface area contributed by atoms with Crippen molar-refractivity contribution in [1.29, 1.82) is 0 Å². The van der Waals surface area contributed by atoms with Gasteiger partial charge < -0.3 is 10.0 Å². The first-order valence-electron chi connectivity index (χ1n) is 6.38. The highest BCUT2D eigenvalue weighted by Gasteiger charge is 2.01. The maximum absolute atomic E-state index is 8.84. The standard InChI is InChI=1S/C15H27NO/c1-6-7-13(2)10-11-16(5)15(4)9-8-14(3)12-17/h8-11,13,15,17H,3,6-7,12H2,1-2,4-5H3/b9-8-,11-10+. The molecule has 0 amide bonds. The molecule has 0 bridgehead atoms. The molecule has 2 heteroatoms. The second-order valence-corrected chi connectivity index (χ2v) is 4.69. The van der Waals surface area contributed by atoms with E-state index in [9.17, 15) is 0 Å². The van der Waals surface area contributed by atoms with Gasteiger partial charge in [-0.2, -0.15) is 0 Å². The summed E-state index contributed by atoms with van der Waals surface area (Å²) in [7, 11) is 2.06. The number of rotatable bonds is 8. The van der Waals surface area contributed by atoms with E-state index >= 15 is 0 Å². The number of allylic oxidation sites excluding steroid dienone is 1. The van der Waals surface area contributed by atoms with Gasteiger partial charge >= 0.3 is 0 Å². The van der Waals surface area contributed by atoms with Crippen molar-refractivity contribution >= 4 is 0 Å². The minimum atomic E-state index is 0.0241. The zero-order valence-corrected chi connectivity index (χ0v) is 11.7. The molecular formula is C15H27NO. The quantitative estimate of drug-likeness (QED) is 0.654. The Labute approximate surface area is 106 Å². The fourth-order valence-corrected chi connectivity index (χ4v) is 1.43. The highest BCUT2D eigenvalue weighted by molar-refractivity contribution is 5.16. The van der Waals surface area contributed by atoms with Crippen molar-refractivity contribution in [3.63, 3.8) is 0 Å². The molecule has 0 spiro atoms. The van der Waals surface area contributed by atoms with Gasteiger partial charge in [-0.3, -0.25) is 0 Å². The van der Waals surface area contributed by atoms with Crippen LogP contribution in [-0.4, -0.2) is 29.7 Å². The number of aliphatic hydroxyl groups excluding tert-OH is 1. The van der Waals surface area contributed by atoms with E-state index in [0.29, 0.717) is 12.0 Å². The van der Waals surface area contributed by atoms with Crippen molar-refractivity contribution in [1.82, 2.24) is 4.90 Å². The van der Waals surface area contributed by atoms with Gasteiger partial charge in [-0.05, 0) is 31.0 Å². The summed E-state index contributed by atoms with van der Waals surface area (Å²) in [5, 5.41) is 8.84. The van der Waals surface area contributed by atoms with Crippen LogP contribution in [0.4, 0.5) is 0 Å². The Kier molecular flexibility index (Phi) is 8.51. The van der Waals surface area contributed by atoms with Gasteiger partial charge in [-0.25, -0.2) is 0 Å². The van der Waals surface area contributed by atoms with Crippen LogP contribution in [0.5, 0.6) is 0 Å². The summed E-state index contributed by atoms with van der Waals surface area (Å²) in [6.07, 6.45) is 10.8. The molecule has 0 fully saturated rings. The highest BCUT2D eigenvalue weighted by atomic mass is 16.3. The third-order valence-electron chi connectivity index (χ3n) is 2.85. The predicted octanol–water partition coefficient (Wildman–Crippen LogP) is 3.36. The number of aliphatic hydroxyl groups is 1. The molecule has 0 aliphatic heterocycles. The van der Waals surface area contributed by atoms with Crippen LogP contribution in [-0.2, 0) is 0 Å². The normalized spacial score (nSPS) is 15.4. The van der Waals surface area contributed by atoms with Crippen LogP contribution in [0.3, 0.4) is 0 Å². The first-order chi connectivity index (χ1) is 8.01. The largest absolute Gasteiger partial charge is 0.392 e. The van der Waals surface area contributed by atoms with Crippen molar-refractivity contribution in [3.8, 4) is 0 Å². The second-order valence-electron chi connectivity index (χ2n) is 4.69. The van der Waals surface area contributed by atoms with Crippen molar-refractivity contribution in [2.75, 3.05) is 13.7 Å². The van der Waals surface area contributed by atoms with E-state index in [2.05, 4.69) is 51.6 Å². The summed E-state index contributed by atoms with van der Waals surface area (Å²) in [6.45, 7) is 10.3. The number of hydrogen-bond acceptors (Lipinski definition) is 2. The van der Waals surface area contributed by atoms with Gasteiger partial charge in [0.1, 0.15) is 0 Å². The Morgan fingerprint density at radius 3 is 2.53 bits per heavy atom. The highest BCUT2D eigenvalue weighted by Crippen LogP contribution is 2.08. The van der Waals surface area contributed by atoms with Crippen LogP contribution in [0.1, 0.15) is 33.6 Å². The van der Waals surface area contributed by atoms with Crippen molar-refractivity contribution in [2.45, 2.75) is 39.7 Å². The summed E-state index contributed by atoms with van der Waals surface area (Å²) in [6, 6.07) is 0.309. The molecule has 0 saturated carbocycles. The molecule has 0 aromatic heterocycles. The van der Waals surface area contributed by atoms with E-state index in [1.807, 2.05) is 12.2 Å². The molecule has 0 aliphatic rings. The smallest absolute Gasteiger partial charge is 0.0676 e. The van der Waals surface area contributed by atoms with Crippen molar-refractivity contribution in [3.05, 3.63) is 36.6 Å². The van der Waals surface area contributed by atoms with Crippen LogP contribution >= 0.6 is 0 Å². The molecule has 0 aliphatic carbocycles. The van der Waals surface area contributed by atoms with E-state index in [-0.39, 0.29) is 6.61 Å². The van der Waals surface area contributed by atoms with E-state index in [1.54, 1.807) is 0 Å². The zero-order valence-electron chi connectivity index (χ0n) is 11.7. The van der Waals surface area contributed by atoms with Gasteiger partial charge in [0.05, 0.1) is 6.61 Å². The van der Waals surface area contributed by atoms with Crippen LogP contribution in [0.2, 0.25) is 0 Å². The first-order valence-corrected chi connectivity index (χ1v) is 6.38. The molecule has 2 unspecified atom stereocenters. The Hall–Kier alpha value is -1.02. The van der Waals surface area contributed by atoms with Gasteiger partial charge in [0, 0.05) is 13.1 Å². The minimum absolute atomic E-state index is 0.0241. The lowest BCUT2D eigenvalue weighted by Gasteiger charge is -2.20. The van der Waals surface area contributed by atoms with E-state index < -0.39 is 0 Å². The Morgan fingerprint density at radius 1 is 1.35 bits per heavy atom. The van der Waals surface area contributed by atoms with E-state index in [1.165, 1.54) is 12.8 Å². The lowest BCUT2D eigenvalue weighted by atomic mass is 10.1. The molecule has 2 atom stereocenters. The third-order valence-corrected chi connectivity index (χ3v) is 2.85. The maximum Gasteiger partial charge on any atom is 0.0676 e. The molecule has 1 N–H and O–H groups in total. The zero-order chi connectivity index (χ0) is 13.3. The monoisotopic (exact) mass is 237 g/mol. The Bertz CT molecular complexity index is 268. The van der Waals surface area contributed by atoms with Gasteiger partial charge in [0.15, 0.2) is 0 Å². The van der Waals surface area contributed by atoms with E-state index in [4.69, 9.17) is 5.11 Å². The van der Waals surface area contributed by atoms with Crippen LogP contribution < -0.4 is 0 Å². The first kappa shape index (κ1) is 16.0. The lowest BCUT2D eigenvalue weighted by Crippen LogP contribution is -2.21. The molecule has 17 heavy (non-hydrogen) atoms. The van der Waals surface area contributed by atoms with Crippen LogP contribution in [0.25, 0.3) is 0 Å². The molecule has 0 saturated heterocycles. The molecule has 2 nitrogen and oxygen atoms in total. The summed E-state index contributed by atoms with van der Waals surface area (Å²) in [5.41, 5.74) is 0.744. The second kappa shape index (κ2) is 9.06. The third kappa shape index (κ3) is 7.81.